The van der Waals surface area contributed by atoms with Crippen molar-refractivity contribution in [1.29, 1.82) is 0 Å². The summed E-state index contributed by atoms with van der Waals surface area (Å²) in [5, 5.41) is 10.7. The van der Waals surface area contributed by atoms with Crippen molar-refractivity contribution in [2.24, 2.45) is 5.92 Å². The fourth-order valence-corrected chi connectivity index (χ4v) is 2.99. The Balaban J connectivity index is 1.84. The van der Waals surface area contributed by atoms with Crippen LogP contribution in [0.1, 0.15) is 50.9 Å². The third kappa shape index (κ3) is 3.51. The monoisotopic (exact) mass is 349 g/mol. The zero-order valence-electron chi connectivity index (χ0n) is 14.9. The number of hydrogen-bond acceptors (Lipinski definition) is 6. The Morgan fingerprint density at radius 3 is 2.80 bits per heavy atom. The lowest BCUT2D eigenvalue weighted by atomic mass is 10.0. The molecule has 0 aromatic carbocycles. The highest BCUT2D eigenvalue weighted by Gasteiger charge is 2.32. The van der Waals surface area contributed by atoms with Crippen molar-refractivity contribution >= 4 is 11.7 Å². The number of aryl methyl sites for hydroxylation is 1. The maximum absolute atomic E-state index is 12.7. The summed E-state index contributed by atoms with van der Waals surface area (Å²) < 4.78 is 13.4. The van der Waals surface area contributed by atoms with E-state index in [1.165, 1.54) is 4.68 Å². The van der Waals surface area contributed by atoms with E-state index in [0.29, 0.717) is 24.0 Å². The molecule has 25 heavy (non-hydrogen) atoms. The normalized spacial score (nSPS) is 20.4. The second kappa shape index (κ2) is 6.83. The van der Waals surface area contributed by atoms with Crippen molar-refractivity contribution < 1.29 is 14.1 Å². The molecule has 0 bridgehead atoms. The zero-order valence-corrected chi connectivity index (χ0v) is 14.9. The van der Waals surface area contributed by atoms with Gasteiger partial charge in [0.1, 0.15) is 18.4 Å². The van der Waals surface area contributed by atoms with Crippen LogP contribution >= 0.6 is 0 Å². The first kappa shape index (κ1) is 17.4. The molecule has 9 nitrogen and oxygen atoms in total. The lowest BCUT2D eigenvalue weighted by Gasteiger charge is -2.16. The van der Waals surface area contributed by atoms with E-state index in [0.717, 1.165) is 6.42 Å². The molecule has 0 radical (unpaired) electrons. The van der Waals surface area contributed by atoms with Gasteiger partial charge in [-0.3, -0.25) is 9.36 Å². The Bertz CT molecular complexity index is 819. The van der Waals surface area contributed by atoms with E-state index in [9.17, 15) is 9.59 Å². The average molecular weight is 349 g/mol. The van der Waals surface area contributed by atoms with Crippen LogP contribution in [0.25, 0.3) is 0 Å². The van der Waals surface area contributed by atoms with Crippen molar-refractivity contribution in [3.05, 3.63) is 28.1 Å². The van der Waals surface area contributed by atoms with Gasteiger partial charge < -0.3 is 14.6 Å². The van der Waals surface area contributed by atoms with Crippen LogP contribution in [-0.2, 0) is 16.1 Å². The summed E-state index contributed by atoms with van der Waals surface area (Å²) in [5.74, 6) is 1.36. The number of hydrogen-bond donors (Lipinski definition) is 1. The molecule has 2 aromatic heterocycles. The molecule has 136 valence electrons. The van der Waals surface area contributed by atoms with E-state index in [-0.39, 0.29) is 30.3 Å². The summed E-state index contributed by atoms with van der Waals surface area (Å²) in [6, 6.07) is 1.53. The van der Waals surface area contributed by atoms with Crippen LogP contribution in [-0.4, -0.2) is 32.0 Å². The van der Waals surface area contributed by atoms with E-state index in [1.807, 2.05) is 13.8 Å². The van der Waals surface area contributed by atoms with Gasteiger partial charge in [0.25, 0.3) is 0 Å². The highest BCUT2D eigenvalue weighted by atomic mass is 16.5. The van der Waals surface area contributed by atoms with Crippen molar-refractivity contribution in [2.45, 2.75) is 52.8 Å². The molecule has 3 heterocycles. The molecule has 0 aliphatic carbocycles. The highest BCUT2D eigenvalue weighted by molar-refractivity contribution is 5.89. The fraction of sp³-hybridized carbons (Fsp3) is 0.625. The molecule has 1 aliphatic rings. The van der Waals surface area contributed by atoms with Crippen LogP contribution in [0.5, 0.6) is 0 Å². The number of nitrogens with zero attached hydrogens (tertiary/aromatic N) is 4. The SMILES string of the molecule is Cc1cc(NC(=O)Cn2nc([C@H]3OCC[C@H]3C)n(C(C)C)c2=O)no1. The third-order valence-corrected chi connectivity index (χ3v) is 4.24. The quantitative estimate of drug-likeness (QED) is 0.880. The van der Waals surface area contributed by atoms with Gasteiger partial charge in [-0.2, -0.15) is 5.10 Å². The molecule has 0 unspecified atom stereocenters. The lowest BCUT2D eigenvalue weighted by molar-refractivity contribution is -0.117. The molecule has 0 saturated carbocycles. The van der Waals surface area contributed by atoms with Gasteiger partial charge in [0, 0.05) is 18.7 Å². The van der Waals surface area contributed by atoms with Crippen LogP contribution in [0.3, 0.4) is 0 Å². The van der Waals surface area contributed by atoms with Crippen LogP contribution < -0.4 is 11.0 Å². The molecule has 1 aliphatic heterocycles. The molecule has 1 amide bonds. The van der Waals surface area contributed by atoms with Gasteiger partial charge in [0.15, 0.2) is 11.6 Å². The number of ether oxygens (including phenoxy) is 1. The first-order chi connectivity index (χ1) is 11.9. The third-order valence-electron chi connectivity index (χ3n) is 4.24. The van der Waals surface area contributed by atoms with Crippen molar-refractivity contribution in [1.82, 2.24) is 19.5 Å². The minimum atomic E-state index is -0.393. The molecule has 1 N–H and O–H groups in total. The summed E-state index contributed by atoms with van der Waals surface area (Å²) in [7, 11) is 0. The fourth-order valence-electron chi connectivity index (χ4n) is 2.99. The average Bonchev–Trinajstić information content (AvgIpc) is 3.20. The minimum absolute atomic E-state index is 0.0751. The summed E-state index contributed by atoms with van der Waals surface area (Å²) in [6.45, 7) is 8.08. The number of nitrogens with one attached hydrogen (secondary N) is 1. The molecule has 2 aromatic rings. The number of aromatic nitrogens is 4. The van der Waals surface area contributed by atoms with E-state index in [1.54, 1.807) is 17.6 Å². The van der Waals surface area contributed by atoms with E-state index >= 15 is 0 Å². The number of carbonyl (C=O) groups excluding carboxylic acids is 1. The van der Waals surface area contributed by atoms with Gasteiger partial charge in [-0.25, -0.2) is 9.48 Å². The van der Waals surface area contributed by atoms with Gasteiger partial charge in [0.2, 0.25) is 5.91 Å². The Labute approximate surface area is 144 Å². The molecule has 2 atom stereocenters. The van der Waals surface area contributed by atoms with E-state index in [2.05, 4.69) is 22.5 Å². The van der Waals surface area contributed by atoms with Crippen molar-refractivity contribution in [2.75, 3.05) is 11.9 Å². The summed E-state index contributed by atoms with van der Waals surface area (Å²) in [4.78, 5) is 24.9. The predicted molar refractivity (Wildman–Crippen MR) is 89.2 cm³/mol. The largest absolute Gasteiger partial charge is 0.370 e. The minimum Gasteiger partial charge on any atom is -0.370 e. The Morgan fingerprint density at radius 2 is 2.24 bits per heavy atom. The molecule has 3 rings (SSSR count). The Hall–Kier alpha value is -2.42. The molecule has 1 saturated heterocycles. The predicted octanol–water partition coefficient (Wildman–Crippen LogP) is 1.66. The maximum Gasteiger partial charge on any atom is 0.346 e. The highest BCUT2D eigenvalue weighted by Crippen LogP contribution is 2.33. The zero-order chi connectivity index (χ0) is 18.1. The molecular weight excluding hydrogens is 326 g/mol. The number of carbonyl (C=O) groups is 1. The Kier molecular flexibility index (Phi) is 4.76. The van der Waals surface area contributed by atoms with Gasteiger partial charge >= 0.3 is 5.69 Å². The van der Waals surface area contributed by atoms with Gasteiger partial charge in [0.05, 0.1) is 0 Å². The Morgan fingerprint density at radius 1 is 1.48 bits per heavy atom. The van der Waals surface area contributed by atoms with Gasteiger partial charge in [-0.05, 0) is 33.1 Å². The van der Waals surface area contributed by atoms with Gasteiger partial charge in [-0.1, -0.05) is 12.1 Å². The summed E-state index contributed by atoms with van der Waals surface area (Å²) in [5.41, 5.74) is -0.320. The number of anilines is 1. The first-order valence-corrected chi connectivity index (χ1v) is 8.40. The first-order valence-electron chi connectivity index (χ1n) is 8.40. The number of rotatable bonds is 5. The summed E-state index contributed by atoms with van der Waals surface area (Å²) >= 11 is 0. The molecule has 1 fully saturated rings. The standard InChI is InChI=1S/C16H23N5O4/c1-9(2)21-15(14-10(3)5-6-24-14)18-20(16(21)23)8-13(22)17-12-7-11(4)25-19-12/h7,9-10,14H,5-6,8H2,1-4H3,(H,17,19,22)/t10-,14+/m1/s1. The van der Waals surface area contributed by atoms with Crippen LogP contribution in [0.15, 0.2) is 15.4 Å². The second-order valence-corrected chi connectivity index (χ2v) is 6.69. The smallest absolute Gasteiger partial charge is 0.346 e. The van der Waals surface area contributed by atoms with Gasteiger partial charge in [-0.15, -0.1) is 0 Å². The van der Waals surface area contributed by atoms with Crippen molar-refractivity contribution in [3.63, 3.8) is 0 Å². The van der Waals surface area contributed by atoms with Crippen LogP contribution in [0.4, 0.5) is 5.82 Å². The second-order valence-electron chi connectivity index (χ2n) is 6.69. The van der Waals surface area contributed by atoms with Crippen LogP contribution in [0, 0.1) is 12.8 Å². The number of amides is 1. The maximum atomic E-state index is 12.7. The molecular formula is C16H23N5O4. The molecule has 0 spiro atoms. The van der Waals surface area contributed by atoms with Crippen molar-refractivity contribution in [3.8, 4) is 0 Å². The summed E-state index contributed by atoms with van der Waals surface area (Å²) in [6.07, 6.45) is 0.702. The van der Waals surface area contributed by atoms with E-state index in [4.69, 9.17) is 9.26 Å². The van der Waals surface area contributed by atoms with Crippen LogP contribution in [0.2, 0.25) is 0 Å². The molecule has 9 heteroatoms. The lowest BCUT2D eigenvalue weighted by Crippen LogP contribution is -2.31. The van der Waals surface area contributed by atoms with E-state index < -0.39 is 5.91 Å². The topological polar surface area (TPSA) is 104 Å².